The molecular formula is C24H25ClN6O2. The molecule has 0 saturated carbocycles. The second-order valence-corrected chi connectivity index (χ2v) is 8.25. The van der Waals surface area contributed by atoms with E-state index in [1.807, 2.05) is 73.1 Å². The molecule has 9 heteroatoms. The lowest BCUT2D eigenvalue weighted by Gasteiger charge is -2.11. The maximum atomic E-state index is 12.3. The number of nitrogens with zero attached hydrogens (tertiary/aromatic N) is 4. The monoisotopic (exact) mass is 464 g/mol. The van der Waals surface area contributed by atoms with E-state index in [1.54, 1.807) is 18.3 Å². The number of ether oxygens (including phenoxy) is 1. The van der Waals surface area contributed by atoms with Crippen molar-refractivity contribution >= 4 is 40.2 Å². The van der Waals surface area contributed by atoms with Crippen LogP contribution < -0.4 is 15.4 Å². The molecule has 0 atom stereocenters. The summed E-state index contributed by atoms with van der Waals surface area (Å²) in [4.78, 5) is 23.2. The number of hydrogen-bond acceptors (Lipinski definition) is 6. The number of fused-ring (bicyclic) bond motifs is 1. The van der Waals surface area contributed by atoms with Gasteiger partial charge in [-0.2, -0.15) is 0 Å². The summed E-state index contributed by atoms with van der Waals surface area (Å²) < 4.78 is 7.96. The van der Waals surface area contributed by atoms with Crippen LogP contribution in [0.4, 0.5) is 11.6 Å². The van der Waals surface area contributed by atoms with E-state index in [-0.39, 0.29) is 5.91 Å². The Morgan fingerprint density at radius 2 is 1.85 bits per heavy atom. The van der Waals surface area contributed by atoms with Gasteiger partial charge >= 0.3 is 0 Å². The van der Waals surface area contributed by atoms with Crippen molar-refractivity contribution < 1.29 is 9.53 Å². The summed E-state index contributed by atoms with van der Waals surface area (Å²) in [6.07, 6.45) is 1.56. The molecule has 170 valence electrons. The molecule has 2 heterocycles. The average molecular weight is 465 g/mol. The highest BCUT2D eigenvalue weighted by molar-refractivity contribution is 6.30. The molecule has 0 aliphatic heterocycles. The minimum atomic E-state index is -0.236. The van der Waals surface area contributed by atoms with Crippen LogP contribution >= 0.6 is 11.6 Å². The molecular weight excluding hydrogens is 440 g/mol. The number of imidazole rings is 1. The van der Waals surface area contributed by atoms with E-state index < -0.39 is 0 Å². The summed E-state index contributed by atoms with van der Waals surface area (Å²) in [7, 11) is 5.85. The zero-order chi connectivity index (χ0) is 23.4. The van der Waals surface area contributed by atoms with Crippen molar-refractivity contribution in [3.63, 3.8) is 0 Å². The van der Waals surface area contributed by atoms with E-state index in [9.17, 15) is 4.79 Å². The summed E-state index contributed by atoms with van der Waals surface area (Å²) in [6, 6.07) is 16.5. The number of amides is 1. The number of hydrogen-bond donors (Lipinski definition) is 2. The molecule has 0 saturated heterocycles. The maximum absolute atomic E-state index is 12.3. The number of likely N-dealkylation sites (N-methyl/N-ethyl adjacent to an activating group) is 1. The van der Waals surface area contributed by atoms with Crippen molar-refractivity contribution in [2.45, 2.75) is 0 Å². The highest BCUT2D eigenvalue weighted by Gasteiger charge is 2.12. The van der Waals surface area contributed by atoms with Gasteiger partial charge in [-0.1, -0.05) is 11.6 Å². The van der Waals surface area contributed by atoms with Gasteiger partial charge in [-0.3, -0.25) is 9.78 Å². The predicted molar refractivity (Wildman–Crippen MR) is 131 cm³/mol. The molecule has 0 fully saturated rings. The summed E-state index contributed by atoms with van der Waals surface area (Å²) in [5.41, 5.74) is 2.93. The Bertz CT molecular complexity index is 1270. The zero-order valence-corrected chi connectivity index (χ0v) is 19.4. The van der Waals surface area contributed by atoms with E-state index >= 15 is 0 Å². The van der Waals surface area contributed by atoms with Gasteiger partial charge < -0.3 is 24.8 Å². The second-order valence-electron chi connectivity index (χ2n) is 7.81. The van der Waals surface area contributed by atoms with Gasteiger partial charge in [-0.25, -0.2) is 4.98 Å². The molecule has 0 aliphatic carbocycles. The lowest BCUT2D eigenvalue weighted by Crippen LogP contribution is -2.31. The van der Waals surface area contributed by atoms with Gasteiger partial charge in [0, 0.05) is 49.2 Å². The van der Waals surface area contributed by atoms with E-state index in [1.165, 1.54) is 0 Å². The largest absolute Gasteiger partial charge is 0.457 e. The Morgan fingerprint density at radius 1 is 1.09 bits per heavy atom. The molecule has 0 aliphatic rings. The quantitative estimate of drug-likeness (QED) is 0.401. The summed E-state index contributed by atoms with van der Waals surface area (Å²) in [6.45, 7) is 1.29. The van der Waals surface area contributed by atoms with E-state index in [0.29, 0.717) is 34.7 Å². The summed E-state index contributed by atoms with van der Waals surface area (Å²) in [5.74, 6) is 1.60. The van der Waals surface area contributed by atoms with Gasteiger partial charge in [0.2, 0.25) is 5.95 Å². The van der Waals surface area contributed by atoms with Crippen LogP contribution in [0.15, 0.2) is 60.8 Å². The average Bonchev–Trinajstić information content (AvgIpc) is 3.09. The number of carbonyl (C=O) groups is 1. The number of aromatic nitrogens is 3. The minimum Gasteiger partial charge on any atom is -0.457 e. The van der Waals surface area contributed by atoms with Crippen molar-refractivity contribution in [2.75, 3.05) is 32.5 Å². The van der Waals surface area contributed by atoms with Crippen molar-refractivity contribution in [3.8, 4) is 11.5 Å². The number of aryl methyl sites for hydroxylation is 1. The normalized spacial score (nSPS) is 11.1. The summed E-state index contributed by atoms with van der Waals surface area (Å²) in [5, 5.41) is 6.83. The first kappa shape index (κ1) is 22.6. The van der Waals surface area contributed by atoms with Crippen LogP contribution in [0.25, 0.3) is 11.0 Å². The Kier molecular flexibility index (Phi) is 6.76. The fourth-order valence-electron chi connectivity index (χ4n) is 3.24. The Morgan fingerprint density at radius 3 is 2.61 bits per heavy atom. The van der Waals surface area contributed by atoms with Crippen LogP contribution in [0.1, 0.15) is 10.5 Å². The lowest BCUT2D eigenvalue weighted by atomic mass is 10.3. The Balaban J connectivity index is 1.49. The third-order valence-electron chi connectivity index (χ3n) is 5.00. The zero-order valence-electron chi connectivity index (χ0n) is 18.7. The van der Waals surface area contributed by atoms with Crippen molar-refractivity contribution in [3.05, 3.63) is 71.5 Å². The van der Waals surface area contributed by atoms with Crippen molar-refractivity contribution in [2.24, 2.45) is 7.05 Å². The topological polar surface area (TPSA) is 84.3 Å². The molecule has 4 rings (SSSR count). The van der Waals surface area contributed by atoms with E-state index in [2.05, 4.69) is 20.6 Å². The molecule has 0 unspecified atom stereocenters. The standard InChI is InChI=1S/C24H25ClN6O2/c1-30(2)13-12-27-23(32)21-15-19(10-11-26-21)33-18-8-9-22-20(14-18)29-24(31(22)3)28-17-6-4-16(25)5-7-17/h4-11,14-15H,12-13H2,1-3H3,(H,27,32)(H,28,29). The van der Waals surface area contributed by atoms with Crippen LogP contribution in [0, 0.1) is 0 Å². The molecule has 2 N–H and O–H groups in total. The van der Waals surface area contributed by atoms with Gasteiger partial charge in [0.1, 0.15) is 17.2 Å². The highest BCUT2D eigenvalue weighted by Crippen LogP contribution is 2.28. The van der Waals surface area contributed by atoms with Crippen LogP contribution in [0.5, 0.6) is 11.5 Å². The Hall–Kier alpha value is -3.62. The molecule has 0 bridgehead atoms. The number of nitrogens with one attached hydrogen (secondary N) is 2. The van der Waals surface area contributed by atoms with E-state index in [0.717, 1.165) is 23.3 Å². The van der Waals surface area contributed by atoms with Gasteiger partial charge in [-0.15, -0.1) is 0 Å². The predicted octanol–water partition coefficient (Wildman–Crippen LogP) is 4.45. The molecule has 1 amide bonds. The Labute approximate surface area is 197 Å². The first-order valence-corrected chi connectivity index (χ1v) is 10.8. The van der Waals surface area contributed by atoms with Crippen LogP contribution in [0.3, 0.4) is 0 Å². The lowest BCUT2D eigenvalue weighted by molar-refractivity contribution is 0.0945. The molecule has 0 spiro atoms. The van der Waals surface area contributed by atoms with Gasteiger partial charge in [-0.05, 0) is 56.6 Å². The number of rotatable bonds is 8. The fraction of sp³-hybridized carbons (Fsp3) is 0.208. The molecule has 4 aromatic rings. The summed E-state index contributed by atoms with van der Waals surface area (Å²) >= 11 is 5.96. The SMILES string of the molecule is CN(C)CCNC(=O)c1cc(Oc2ccc3c(c2)nc(Nc2ccc(Cl)cc2)n3C)ccn1. The minimum absolute atomic E-state index is 0.236. The number of anilines is 2. The van der Waals surface area contributed by atoms with Crippen LogP contribution in [0.2, 0.25) is 5.02 Å². The third-order valence-corrected chi connectivity index (χ3v) is 5.25. The number of benzene rings is 2. The number of halogens is 1. The fourth-order valence-corrected chi connectivity index (χ4v) is 3.36. The molecule has 8 nitrogen and oxygen atoms in total. The molecule has 33 heavy (non-hydrogen) atoms. The van der Waals surface area contributed by atoms with Crippen molar-refractivity contribution in [1.29, 1.82) is 0 Å². The third kappa shape index (κ3) is 5.60. The van der Waals surface area contributed by atoms with Crippen LogP contribution in [-0.2, 0) is 7.05 Å². The first-order valence-electron chi connectivity index (χ1n) is 10.4. The second kappa shape index (κ2) is 9.89. The van der Waals surface area contributed by atoms with E-state index in [4.69, 9.17) is 16.3 Å². The van der Waals surface area contributed by atoms with Crippen molar-refractivity contribution in [1.82, 2.24) is 24.8 Å². The first-order chi connectivity index (χ1) is 15.9. The number of carbonyl (C=O) groups excluding carboxylic acids is 1. The highest BCUT2D eigenvalue weighted by atomic mass is 35.5. The smallest absolute Gasteiger partial charge is 0.270 e. The molecule has 2 aromatic heterocycles. The van der Waals surface area contributed by atoms with Gasteiger partial charge in [0.05, 0.1) is 11.0 Å². The number of pyridine rings is 1. The van der Waals surface area contributed by atoms with Gasteiger partial charge in [0.15, 0.2) is 0 Å². The van der Waals surface area contributed by atoms with Crippen LogP contribution in [-0.4, -0.2) is 52.5 Å². The molecule has 2 aromatic carbocycles. The molecule has 0 radical (unpaired) electrons. The van der Waals surface area contributed by atoms with Gasteiger partial charge in [0.25, 0.3) is 5.91 Å². The maximum Gasteiger partial charge on any atom is 0.270 e.